The molecule has 0 bridgehead atoms. The summed E-state index contributed by atoms with van der Waals surface area (Å²) in [4.78, 5) is 10.9. The van der Waals surface area contributed by atoms with E-state index in [0.717, 1.165) is 0 Å². The lowest BCUT2D eigenvalue weighted by Crippen LogP contribution is -2.24. The Labute approximate surface area is 95.0 Å². The maximum atomic E-state index is 13.1. The van der Waals surface area contributed by atoms with E-state index in [1.54, 1.807) is 6.07 Å². The van der Waals surface area contributed by atoms with Gasteiger partial charge in [-0.3, -0.25) is 0 Å². The van der Waals surface area contributed by atoms with Gasteiger partial charge in [0.05, 0.1) is 11.6 Å². The van der Waals surface area contributed by atoms with Gasteiger partial charge in [0, 0.05) is 6.42 Å². The van der Waals surface area contributed by atoms with Gasteiger partial charge < -0.3 is 9.84 Å². The molecule has 1 rings (SSSR count). The molecular weight excluding hydrogens is 267 g/mol. The van der Waals surface area contributed by atoms with Gasteiger partial charge in [-0.25, -0.2) is 9.18 Å². The summed E-state index contributed by atoms with van der Waals surface area (Å²) in [6.45, 7) is 0. The summed E-state index contributed by atoms with van der Waals surface area (Å²) >= 11 is 3.01. The molecule has 15 heavy (non-hydrogen) atoms. The largest absolute Gasteiger partial charge is 0.467 e. The fraction of sp³-hybridized carbons (Fsp3) is 0.300. The van der Waals surface area contributed by atoms with Gasteiger partial charge in [0.2, 0.25) is 0 Å². The van der Waals surface area contributed by atoms with E-state index in [-0.39, 0.29) is 6.42 Å². The fourth-order valence-electron chi connectivity index (χ4n) is 1.11. The topological polar surface area (TPSA) is 46.5 Å². The number of aliphatic hydroxyl groups is 1. The molecule has 1 aromatic carbocycles. The van der Waals surface area contributed by atoms with Crippen molar-refractivity contribution in [1.82, 2.24) is 0 Å². The highest BCUT2D eigenvalue weighted by molar-refractivity contribution is 9.10. The Balaban J connectivity index is 2.73. The lowest BCUT2D eigenvalue weighted by atomic mass is 10.1. The van der Waals surface area contributed by atoms with Crippen molar-refractivity contribution in [3.05, 3.63) is 34.1 Å². The first kappa shape index (κ1) is 12.1. The average molecular weight is 277 g/mol. The number of methoxy groups -OCH3 is 1. The standard InChI is InChI=1S/C10H10BrFO3/c1-15-10(14)9(13)5-6-2-3-7(11)8(12)4-6/h2-4,9,13H,5H2,1H3. The van der Waals surface area contributed by atoms with E-state index in [0.29, 0.717) is 10.0 Å². The van der Waals surface area contributed by atoms with Crippen molar-refractivity contribution in [2.24, 2.45) is 0 Å². The Morgan fingerprint density at radius 3 is 2.87 bits per heavy atom. The molecule has 0 heterocycles. The number of hydrogen-bond acceptors (Lipinski definition) is 3. The molecule has 1 atom stereocenters. The highest BCUT2D eigenvalue weighted by Crippen LogP contribution is 2.17. The number of aliphatic hydroxyl groups excluding tert-OH is 1. The zero-order valence-corrected chi connectivity index (χ0v) is 9.62. The maximum Gasteiger partial charge on any atom is 0.335 e. The van der Waals surface area contributed by atoms with Crippen molar-refractivity contribution < 1.29 is 19.0 Å². The van der Waals surface area contributed by atoms with Crippen LogP contribution in [0.5, 0.6) is 0 Å². The second-order valence-corrected chi connectivity index (χ2v) is 3.85. The van der Waals surface area contributed by atoms with Gasteiger partial charge >= 0.3 is 5.97 Å². The third-order valence-electron chi connectivity index (χ3n) is 1.89. The minimum Gasteiger partial charge on any atom is -0.467 e. The predicted octanol–water partition coefficient (Wildman–Crippen LogP) is 1.66. The molecular formula is C10H10BrFO3. The Kier molecular flexibility index (Phi) is 4.23. The van der Waals surface area contributed by atoms with Crippen LogP contribution in [0.25, 0.3) is 0 Å². The molecule has 0 spiro atoms. The minimum atomic E-state index is -1.25. The number of hydrogen-bond donors (Lipinski definition) is 1. The normalized spacial score (nSPS) is 12.3. The van der Waals surface area contributed by atoms with Crippen LogP contribution in [-0.2, 0) is 16.0 Å². The van der Waals surface area contributed by atoms with Crippen molar-refractivity contribution in [3.8, 4) is 0 Å². The van der Waals surface area contributed by atoms with Crippen LogP contribution >= 0.6 is 15.9 Å². The van der Waals surface area contributed by atoms with E-state index in [9.17, 15) is 14.3 Å². The van der Waals surface area contributed by atoms with E-state index < -0.39 is 17.9 Å². The van der Waals surface area contributed by atoms with E-state index in [2.05, 4.69) is 20.7 Å². The first-order valence-electron chi connectivity index (χ1n) is 4.24. The molecule has 1 unspecified atom stereocenters. The van der Waals surface area contributed by atoms with Crippen molar-refractivity contribution in [1.29, 1.82) is 0 Å². The third kappa shape index (κ3) is 3.28. The smallest absolute Gasteiger partial charge is 0.335 e. The minimum absolute atomic E-state index is 0.0386. The highest BCUT2D eigenvalue weighted by Gasteiger charge is 2.16. The van der Waals surface area contributed by atoms with Gasteiger partial charge in [-0.05, 0) is 33.6 Å². The van der Waals surface area contributed by atoms with E-state index in [1.165, 1.54) is 19.2 Å². The van der Waals surface area contributed by atoms with Crippen LogP contribution < -0.4 is 0 Å². The van der Waals surface area contributed by atoms with E-state index in [4.69, 9.17) is 0 Å². The maximum absolute atomic E-state index is 13.1. The molecule has 82 valence electrons. The van der Waals surface area contributed by atoms with Crippen molar-refractivity contribution in [2.45, 2.75) is 12.5 Å². The number of carbonyl (C=O) groups excluding carboxylic acids is 1. The molecule has 0 fully saturated rings. The Morgan fingerprint density at radius 1 is 1.67 bits per heavy atom. The van der Waals surface area contributed by atoms with Crippen molar-refractivity contribution in [3.63, 3.8) is 0 Å². The summed E-state index contributed by atoms with van der Waals surface area (Å²) in [6.07, 6.45) is -1.22. The number of carbonyl (C=O) groups is 1. The SMILES string of the molecule is COC(=O)C(O)Cc1ccc(Br)c(F)c1. The van der Waals surface area contributed by atoms with Crippen molar-refractivity contribution in [2.75, 3.05) is 7.11 Å². The van der Waals surface area contributed by atoms with E-state index in [1.807, 2.05) is 0 Å². The van der Waals surface area contributed by atoms with Crippen LogP contribution in [0.2, 0.25) is 0 Å². The van der Waals surface area contributed by atoms with Crippen LogP contribution in [0, 0.1) is 5.82 Å². The summed E-state index contributed by atoms with van der Waals surface area (Å²) in [7, 11) is 1.19. The second kappa shape index (κ2) is 5.23. The third-order valence-corrected chi connectivity index (χ3v) is 2.53. The summed E-state index contributed by atoms with van der Waals surface area (Å²) in [5, 5.41) is 9.32. The summed E-state index contributed by atoms with van der Waals surface area (Å²) in [5.74, 6) is -1.15. The lowest BCUT2D eigenvalue weighted by molar-refractivity contribution is -0.150. The molecule has 5 heteroatoms. The summed E-state index contributed by atoms with van der Waals surface area (Å²) < 4.78 is 17.8. The van der Waals surface area contributed by atoms with Gasteiger partial charge in [0.1, 0.15) is 5.82 Å². The van der Waals surface area contributed by atoms with Crippen LogP contribution in [0.4, 0.5) is 4.39 Å². The Hall–Kier alpha value is -0.940. The summed E-state index contributed by atoms with van der Waals surface area (Å²) in [5.41, 5.74) is 0.536. The zero-order valence-electron chi connectivity index (χ0n) is 8.04. The van der Waals surface area contributed by atoms with Gasteiger partial charge in [-0.2, -0.15) is 0 Å². The van der Waals surface area contributed by atoms with Gasteiger partial charge in [0.25, 0.3) is 0 Å². The van der Waals surface area contributed by atoms with Crippen LogP contribution in [-0.4, -0.2) is 24.3 Å². The van der Waals surface area contributed by atoms with Crippen LogP contribution in [0.15, 0.2) is 22.7 Å². The number of esters is 1. The molecule has 3 nitrogen and oxygen atoms in total. The summed E-state index contributed by atoms with van der Waals surface area (Å²) in [6, 6.07) is 4.41. The molecule has 0 saturated heterocycles. The molecule has 1 N–H and O–H groups in total. The van der Waals surface area contributed by atoms with E-state index >= 15 is 0 Å². The number of benzene rings is 1. The molecule has 0 radical (unpaired) electrons. The number of ether oxygens (including phenoxy) is 1. The molecule has 0 aromatic heterocycles. The van der Waals surface area contributed by atoms with Gasteiger partial charge in [-0.15, -0.1) is 0 Å². The predicted molar refractivity (Wildman–Crippen MR) is 55.8 cm³/mol. The van der Waals surface area contributed by atoms with Crippen LogP contribution in [0.3, 0.4) is 0 Å². The molecule has 0 aliphatic heterocycles. The lowest BCUT2D eigenvalue weighted by Gasteiger charge is -2.08. The van der Waals surface area contributed by atoms with Gasteiger partial charge in [-0.1, -0.05) is 6.07 Å². The van der Waals surface area contributed by atoms with Crippen molar-refractivity contribution >= 4 is 21.9 Å². The quantitative estimate of drug-likeness (QED) is 0.855. The number of rotatable bonds is 3. The molecule has 0 saturated carbocycles. The number of halogens is 2. The highest BCUT2D eigenvalue weighted by atomic mass is 79.9. The first-order chi connectivity index (χ1) is 7.04. The monoisotopic (exact) mass is 276 g/mol. The molecule has 1 aromatic rings. The zero-order chi connectivity index (χ0) is 11.4. The second-order valence-electron chi connectivity index (χ2n) is 2.99. The molecule has 0 aliphatic carbocycles. The van der Waals surface area contributed by atoms with Gasteiger partial charge in [0.15, 0.2) is 6.10 Å². The molecule has 0 aliphatic rings. The Morgan fingerprint density at radius 2 is 2.33 bits per heavy atom. The average Bonchev–Trinajstić information content (AvgIpc) is 2.22. The first-order valence-corrected chi connectivity index (χ1v) is 5.03. The van der Waals surface area contributed by atoms with Crippen LogP contribution in [0.1, 0.15) is 5.56 Å². The fourth-order valence-corrected chi connectivity index (χ4v) is 1.36. The Bertz CT molecular complexity index is 368. The molecule has 0 amide bonds.